The number of hydrogen-bond acceptors (Lipinski definition) is 3. The lowest BCUT2D eigenvalue weighted by molar-refractivity contribution is 0.204. The molecular formula is C18H25N5O. The Morgan fingerprint density at radius 3 is 2.79 bits per heavy atom. The Labute approximate surface area is 143 Å². The number of fused-ring (bicyclic) bond motifs is 1. The van der Waals surface area contributed by atoms with Crippen molar-refractivity contribution < 1.29 is 4.79 Å². The average Bonchev–Trinajstić information content (AvgIpc) is 2.84. The molecule has 1 aliphatic heterocycles. The average molecular weight is 327 g/mol. The van der Waals surface area contributed by atoms with Crippen LogP contribution in [0.15, 0.2) is 24.3 Å². The molecule has 0 aliphatic carbocycles. The van der Waals surface area contributed by atoms with Gasteiger partial charge in [-0.25, -0.2) is 4.79 Å². The van der Waals surface area contributed by atoms with Crippen molar-refractivity contribution in [2.45, 2.75) is 26.4 Å². The summed E-state index contributed by atoms with van der Waals surface area (Å²) in [4.78, 5) is 16.6. The van der Waals surface area contributed by atoms with Crippen molar-refractivity contribution in [3.8, 4) is 0 Å². The number of nitrogens with one attached hydrogen (secondary N) is 1. The van der Waals surface area contributed by atoms with Gasteiger partial charge in [-0.15, -0.1) is 0 Å². The SMILES string of the molecule is Cc1ccccc1NC(=O)N1CCc2c(CN(C)C)nn(C)c2C1. The zero-order chi connectivity index (χ0) is 17.3. The number of para-hydroxylation sites is 1. The van der Waals surface area contributed by atoms with Gasteiger partial charge in [-0.05, 0) is 39.1 Å². The predicted octanol–water partition coefficient (Wildman–Crippen LogP) is 2.38. The maximum absolute atomic E-state index is 12.6. The quantitative estimate of drug-likeness (QED) is 0.942. The van der Waals surface area contributed by atoms with Crippen molar-refractivity contribution in [1.82, 2.24) is 19.6 Å². The van der Waals surface area contributed by atoms with Gasteiger partial charge in [0.1, 0.15) is 0 Å². The predicted molar refractivity (Wildman–Crippen MR) is 94.9 cm³/mol. The van der Waals surface area contributed by atoms with Gasteiger partial charge in [0.2, 0.25) is 0 Å². The first kappa shape index (κ1) is 16.5. The number of carbonyl (C=O) groups excluding carboxylic acids is 1. The fraction of sp³-hybridized carbons (Fsp3) is 0.444. The van der Waals surface area contributed by atoms with Crippen LogP contribution in [0.4, 0.5) is 10.5 Å². The van der Waals surface area contributed by atoms with Crippen molar-refractivity contribution in [3.63, 3.8) is 0 Å². The van der Waals surface area contributed by atoms with Crippen molar-refractivity contribution >= 4 is 11.7 Å². The Kier molecular flexibility index (Phi) is 4.57. The number of hydrogen-bond donors (Lipinski definition) is 1. The summed E-state index contributed by atoms with van der Waals surface area (Å²) < 4.78 is 1.92. The smallest absolute Gasteiger partial charge is 0.318 e. The monoisotopic (exact) mass is 327 g/mol. The van der Waals surface area contributed by atoms with Crippen LogP contribution in [0.2, 0.25) is 0 Å². The van der Waals surface area contributed by atoms with Crippen LogP contribution in [0.25, 0.3) is 0 Å². The van der Waals surface area contributed by atoms with Gasteiger partial charge in [0, 0.05) is 31.4 Å². The number of aromatic nitrogens is 2. The minimum atomic E-state index is -0.0506. The Balaban J connectivity index is 1.74. The van der Waals surface area contributed by atoms with Gasteiger partial charge in [0.25, 0.3) is 0 Å². The topological polar surface area (TPSA) is 53.4 Å². The third-order valence-corrected chi connectivity index (χ3v) is 4.47. The highest BCUT2D eigenvalue weighted by molar-refractivity contribution is 5.90. The van der Waals surface area contributed by atoms with Gasteiger partial charge in [-0.2, -0.15) is 5.10 Å². The molecule has 0 saturated heterocycles. The van der Waals surface area contributed by atoms with Crippen molar-refractivity contribution in [2.24, 2.45) is 7.05 Å². The van der Waals surface area contributed by atoms with E-state index in [4.69, 9.17) is 0 Å². The molecule has 2 heterocycles. The van der Waals surface area contributed by atoms with E-state index < -0.39 is 0 Å². The van der Waals surface area contributed by atoms with Crippen LogP contribution in [-0.2, 0) is 26.6 Å². The lowest BCUT2D eigenvalue weighted by Crippen LogP contribution is -2.39. The number of amides is 2. The summed E-state index contributed by atoms with van der Waals surface area (Å²) in [6, 6.07) is 7.79. The fourth-order valence-electron chi connectivity index (χ4n) is 3.16. The van der Waals surface area contributed by atoms with Gasteiger partial charge in [-0.1, -0.05) is 18.2 Å². The van der Waals surface area contributed by atoms with Gasteiger partial charge in [-0.3, -0.25) is 4.68 Å². The van der Waals surface area contributed by atoms with E-state index in [1.165, 1.54) is 5.56 Å². The molecule has 0 unspecified atom stereocenters. The fourth-order valence-corrected chi connectivity index (χ4v) is 3.16. The van der Waals surface area contributed by atoms with Gasteiger partial charge in [0.15, 0.2) is 0 Å². The Hall–Kier alpha value is -2.34. The molecule has 1 N–H and O–H groups in total. The van der Waals surface area contributed by atoms with Gasteiger partial charge < -0.3 is 15.1 Å². The molecular weight excluding hydrogens is 302 g/mol. The molecule has 2 aromatic rings. The highest BCUT2D eigenvalue weighted by Crippen LogP contribution is 2.23. The number of carbonyl (C=O) groups is 1. The zero-order valence-corrected chi connectivity index (χ0v) is 14.8. The molecule has 0 spiro atoms. The molecule has 0 fully saturated rings. The molecule has 1 aromatic carbocycles. The molecule has 24 heavy (non-hydrogen) atoms. The van der Waals surface area contributed by atoms with Crippen molar-refractivity contribution in [1.29, 1.82) is 0 Å². The highest BCUT2D eigenvalue weighted by atomic mass is 16.2. The number of nitrogens with zero attached hydrogens (tertiary/aromatic N) is 4. The van der Waals surface area contributed by atoms with Crippen molar-refractivity contribution in [3.05, 3.63) is 46.8 Å². The van der Waals surface area contributed by atoms with E-state index in [0.717, 1.165) is 42.1 Å². The standard InChI is InChI=1S/C18H25N5O/c1-13-7-5-6-8-15(13)19-18(24)23-10-9-14-16(11-21(2)3)20-22(4)17(14)12-23/h5-8H,9-12H2,1-4H3,(H,19,24). The lowest BCUT2D eigenvalue weighted by atomic mass is 10.0. The van der Waals surface area contributed by atoms with Crippen molar-refractivity contribution in [2.75, 3.05) is 26.0 Å². The minimum Gasteiger partial charge on any atom is -0.318 e. The third-order valence-electron chi connectivity index (χ3n) is 4.47. The van der Waals surface area contributed by atoms with Gasteiger partial charge in [0.05, 0.1) is 17.9 Å². The second-order valence-corrected chi connectivity index (χ2v) is 6.65. The molecule has 6 nitrogen and oxygen atoms in total. The van der Waals surface area contributed by atoms with Crippen LogP contribution in [0.5, 0.6) is 0 Å². The van der Waals surface area contributed by atoms with E-state index in [2.05, 4.69) is 15.3 Å². The third kappa shape index (κ3) is 3.28. The first-order valence-electron chi connectivity index (χ1n) is 8.25. The molecule has 128 valence electrons. The van der Waals surface area contributed by atoms with Gasteiger partial charge >= 0.3 is 6.03 Å². The summed E-state index contributed by atoms with van der Waals surface area (Å²) in [5.74, 6) is 0. The maximum Gasteiger partial charge on any atom is 0.322 e. The lowest BCUT2D eigenvalue weighted by Gasteiger charge is -2.28. The van der Waals surface area contributed by atoms with Crippen LogP contribution >= 0.6 is 0 Å². The highest BCUT2D eigenvalue weighted by Gasteiger charge is 2.26. The largest absolute Gasteiger partial charge is 0.322 e. The molecule has 0 atom stereocenters. The molecule has 1 aromatic heterocycles. The molecule has 3 rings (SSSR count). The minimum absolute atomic E-state index is 0.0506. The zero-order valence-electron chi connectivity index (χ0n) is 14.8. The molecule has 1 aliphatic rings. The van der Waals surface area contributed by atoms with E-state index in [0.29, 0.717) is 6.54 Å². The number of benzene rings is 1. The number of aryl methyl sites for hydroxylation is 2. The van der Waals surface area contributed by atoms with E-state index in [1.807, 2.05) is 61.9 Å². The summed E-state index contributed by atoms with van der Waals surface area (Å²) in [5, 5.41) is 7.66. The van der Waals surface area contributed by atoms with E-state index in [-0.39, 0.29) is 6.03 Å². The second kappa shape index (κ2) is 6.65. The van der Waals surface area contributed by atoms with Crippen LogP contribution in [0.1, 0.15) is 22.5 Å². The normalized spacial score (nSPS) is 14.0. The number of anilines is 1. The maximum atomic E-state index is 12.6. The van der Waals surface area contributed by atoms with Crippen LogP contribution < -0.4 is 5.32 Å². The summed E-state index contributed by atoms with van der Waals surface area (Å²) >= 11 is 0. The van der Waals surface area contributed by atoms with E-state index in [1.54, 1.807) is 0 Å². The van der Waals surface area contributed by atoms with Crippen LogP contribution in [-0.4, -0.2) is 46.3 Å². The summed E-state index contributed by atoms with van der Waals surface area (Å²) in [5.41, 5.74) is 5.49. The summed E-state index contributed by atoms with van der Waals surface area (Å²) in [6.45, 7) is 4.15. The molecule has 0 saturated carbocycles. The Morgan fingerprint density at radius 2 is 2.08 bits per heavy atom. The Bertz CT molecular complexity index is 750. The molecule has 2 amide bonds. The van der Waals surface area contributed by atoms with E-state index in [9.17, 15) is 4.79 Å². The summed E-state index contributed by atoms with van der Waals surface area (Å²) in [7, 11) is 6.05. The first-order valence-corrected chi connectivity index (χ1v) is 8.25. The molecule has 0 radical (unpaired) electrons. The molecule has 0 bridgehead atoms. The number of rotatable bonds is 3. The van der Waals surface area contributed by atoms with Crippen LogP contribution in [0, 0.1) is 6.92 Å². The second-order valence-electron chi connectivity index (χ2n) is 6.65. The first-order chi connectivity index (χ1) is 11.5. The number of urea groups is 1. The Morgan fingerprint density at radius 1 is 1.33 bits per heavy atom. The summed E-state index contributed by atoms with van der Waals surface area (Å²) in [6.07, 6.45) is 0.855. The van der Waals surface area contributed by atoms with E-state index >= 15 is 0 Å². The molecule has 6 heteroatoms. The van der Waals surface area contributed by atoms with Crippen LogP contribution in [0.3, 0.4) is 0 Å².